The van der Waals surface area contributed by atoms with E-state index in [-0.39, 0.29) is 6.29 Å². The van der Waals surface area contributed by atoms with Crippen LogP contribution in [0.5, 0.6) is 0 Å². The Morgan fingerprint density at radius 1 is 0.655 bits per heavy atom. The molecule has 0 aliphatic rings. The van der Waals surface area contributed by atoms with Crippen molar-refractivity contribution in [2.24, 2.45) is 10.9 Å². The van der Waals surface area contributed by atoms with Gasteiger partial charge >= 0.3 is 0 Å². The number of carbonyl (C=O) groups excluding carboxylic acids is 1. The zero-order chi connectivity index (χ0) is 40.6. The predicted octanol–water partition coefficient (Wildman–Crippen LogP) is 13.3. The molecule has 0 aromatic heterocycles. The summed E-state index contributed by atoms with van der Waals surface area (Å²) in [5.41, 5.74) is 7.89. The largest absolute Gasteiger partial charge is 0.356 e. The second kappa shape index (κ2) is 40.9. The summed E-state index contributed by atoms with van der Waals surface area (Å²) >= 11 is 0. The first-order valence-electron chi connectivity index (χ1n) is 24.0. The van der Waals surface area contributed by atoms with E-state index in [1.807, 2.05) is 7.11 Å². The number of hydrazine groups is 1. The molecule has 0 heterocycles. The maximum absolute atomic E-state index is 10.7. The molecular formula is C48H96N4O3. The molecule has 0 spiro atoms. The number of carbonyl (C=O) groups is 1. The van der Waals surface area contributed by atoms with Gasteiger partial charge in [-0.2, -0.15) is 0 Å². The number of ether oxygens (including phenoxy) is 2. The van der Waals surface area contributed by atoms with Crippen LogP contribution in [-0.2, 0) is 14.3 Å². The van der Waals surface area contributed by atoms with Crippen molar-refractivity contribution in [3.05, 3.63) is 12.2 Å². The average molecular weight is 777 g/mol. The highest BCUT2D eigenvalue weighted by Crippen LogP contribution is 2.21. The topological polar surface area (TPSA) is 75.2 Å². The highest BCUT2D eigenvalue weighted by molar-refractivity contribution is 5.97. The van der Waals surface area contributed by atoms with E-state index >= 15 is 0 Å². The van der Waals surface area contributed by atoms with Crippen LogP contribution in [0.15, 0.2) is 17.1 Å². The molecular weight excluding hydrogens is 681 g/mol. The second-order valence-corrected chi connectivity index (χ2v) is 16.7. The fourth-order valence-electron chi connectivity index (χ4n) is 7.13. The summed E-state index contributed by atoms with van der Waals surface area (Å²) in [5.74, 6) is 1.33. The van der Waals surface area contributed by atoms with Crippen molar-refractivity contribution in [3.63, 3.8) is 0 Å². The van der Waals surface area contributed by atoms with Gasteiger partial charge in [0.15, 0.2) is 6.29 Å². The number of hydrogen-bond acceptors (Lipinski definition) is 6. The number of nitrogens with one attached hydrogen (secondary N) is 2. The Labute approximate surface area is 343 Å². The van der Waals surface area contributed by atoms with Crippen LogP contribution in [0.3, 0.4) is 0 Å². The van der Waals surface area contributed by atoms with Gasteiger partial charge in [-0.25, -0.2) is 5.43 Å². The Hall–Kier alpha value is -1.28. The normalized spacial score (nSPS) is 13.8. The molecule has 3 unspecified atom stereocenters. The van der Waals surface area contributed by atoms with E-state index < -0.39 is 0 Å². The minimum atomic E-state index is -0.0642. The molecule has 0 saturated heterocycles. The van der Waals surface area contributed by atoms with Crippen molar-refractivity contribution in [1.82, 2.24) is 15.8 Å². The molecule has 0 aromatic carbocycles. The van der Waals surface area contributed by atoms with Gasteiger partial charge < -0.3 is 24.6 Å². The molecule has 0 radical (unpaired) electrons. The number of unbranched alkanes of at least 4 members (excludes halogenated alkanes) is 19. The van der Waals surface area contributed by atoms with Gasteiger partial charge in [-0.15, -0.1) is 0 Å². The number of nitrogens with zero attached hydrogens (tertiary/aromatic N) is 2. The first-order valence-corrected chi connectivity index (χ1v) is 24.0. The number of amidine groups is 1. The predicted molar refractivity (Wildman–Crippen MR) is 241 cm³/mol. The summed E-state index contributed by atoms with van der Waals surface area (Å²) in [4.78, 5) is 18.3. The van der Waals surface area contributed by atoms with E-state index in [0.717, 1.165) is 76.0 Å². The smallest absolute Gasteiger partial charge is 0.157 e. The molecule has 0 saturated carbocycles. The quantitative estimate of drug-likeness (QED) is 0.0160. The first kappa shape index (κ1) is 53.7. The Morgan fingerprint density at radius 2 is 1.15 bits per heavy atom. The van der Waals surface area contributed by atoms with Crippen LogP contribution in [-0.4, -0.2) is 68.7 Å². The zero-order valence-electron chi connectivity index (χ0n) is 38.0. The molecule has 326 valence electrons. The van der Waals surface area contributed by atoms with Gasteiger partial charge in [-0.1, -0.05) is 157 Å². The minimum Gasteiger partial charge on any atom is -0.356 e. The maximum Gasteiger partial charge on any atom is 0.157 e. The number of aldehydes is 1. The third kappa shape index (κ3) is 33.4. The molecule has 0 fully saturated rings. The fraction of sp³-hybridized carbons (Fsp3) is 0.917. The monoisotopic (exact) mass is 777 g/mol. The molecule has 55 heavy (non-hydrogen) atoms. The van der Waals surface area contributed by atoms with Gasteiger partial charge in [0.25, 0.3) is 0 Å². The van der Waals surface area contributed by atoms with E-state index in [0.29, 0.717) is 24.5 Å². The zero-order valence-corrected chi connectivity index (χ0v) is 38.0. The third-order valence-electron chi connectivity index (χ3n) is 11.5. The molecule has 2 N–H and O–H groups in total. The van der Waals surface area contributed by atoms with Crippen molar-refractivity contribution in [2.45, 2.75) is 246 Å². The third-order valence-corrected chi connectivity index (χ3v) is 11.5. The van der Waals surface area contributed by atoms with E-state index in [9.17, 15) is 4.79 Å². The molecule has 0 aromatic rings. The van der Waals surface area contributed by atoms with Gasteiger partial charge in [0.1, 0.15) is 12.1 Å². The fourth-order valence-corrected chi connectivity index (χ4v) is 7.13. The van der Waals surface area contributed by atoms with Crippen LogP contribution in [0.25, 0.3) is 0 Å². The van der Waals surface area contributed by atoms with Crippen molar-refractivity contribution < 1.29 is 14.3 Å². The van der Waals surface area contributed by atoms with Crippen molar-refractivity contribution in [3.8, 4) is 0 Å². The lowest BCUT2D eigenvalue weighted by Crippen LogP contribution is -2.44. The van der Waals surface area contributed by atoms with E-state index in [4.69, 9.17) is 14.5 Å². The standard InChI is InChI=1S/C48H96N4O3/c1-9-13-15-17-22-28-35-46(36-29-23-18-16-14-10-2)55-47(54-8)37-30-24-21-26-32-40-52(39-31-25-19-20-27-33-42-53)41-34-38-49-48(45(7)43(5)11-3)51-50-44(6)12-4/h42-44,46-47,50H,7,9-41H2,1-6,8H3,(H,49,51). The maximum atomic E-state index is 10.7. The Balaban J connectivity index is 4.86. The van der Waals surface area contributed by atoms with Crippen LogP contribution in [0.1, 0.15) is 228 Å². The van der Waals surface area contributed by atoms with E-state index in [1.165, 1.54) is 148 Å². The van der Waals surface area contributed by atoms with E-state index in [2.05, 4.69) is 63.9 Å². The van der Waals surface area contributed by atoms with Gasteiger partial charge in [-0.05, 0) is 102 Å². The number of rotatable bonds is 43. The Morgan fingerprint density at radius 3 is 1.65 bits per heavy atom. The van der Waals surface area contributed by atoms with Crippen LogP contribution < -0.4 is 10.9 Å². The minimum absolute atomic E-state index is 0.0642. The summed E-state index contributed by atoms with van der Waals surface area (Å²) in [6, 6.07) is 0.380. The van der Waals surface area contributed by atoms with Gasteiger partial charge in [-0.3, -0.25) is 4.99 Å². The number of aliphatic imine (C=N–C) groups is 1. The van der Waals surface area contributed by atoms with Crippen LogP contribution in [0.4, 0.5) is 0 Å². The Bertz CT molecular complexity index is 852. The van der Waals surface area contributed by atoms with Crippen molar-refractivity contribution in [2.75, 3.05) is 33.3 Å². The summed E-state index contributed by atoms with van der Waals surface area (Å²) in [6.07, 6.45) is 36.8. The molecule has 0 bridgehead atoms. The molecule has 0 aliphatic heterocycles. The van der Waals surface area contributed by atoms with Crippen LogP contribution in [0.2, 0.25) is 0 Å². The SMILES string of the molecule is C=C(C(=NCCCN(CCCCCCCC=O)CCCCCCCC(OC)OC(CCCCCCCC)CCCCCCCC)NNC(C)CC)C(C)CC. The lowest BCUT2D eigenvalue weighted by atomic mass is 9.99. The molecule has 0 aliphatic carbocycles. The van der Waals surface area contributed by atoms with Crippen LogP contribution in [0, 0.1) is 5.92 Å². The van der Waals surface area contributed by atoms with Crippen molar-refractivity contribution in [1.29, 1.82) is 0 Å². The lowest BCUT2D eigenvalue weighted by Gasteiger charge is -2.24. The highest BCUT2D eigenvalue weighted by atomic mass is 16.7. The summed E-state index contributed by atoms with van der Waals surface area (Å²) in [7, 11) is 1.84. The lowest BCUT2D eigenvalue weighted by molar-refractivity contribution is -0.163. The summed E-state index contributed by atoms with van der Waals surface area (Å²) in [5, 5.41) is 0. The first-order chi connectivity index (χ1) is 26.9. The number of hydrogen-bond donors (Lipinski definition) is 2. The van der Waals surface area contributed by atoms with Gasteiger partial charge in [0.2, 0.25) is 0 Å². The van der Waals surface area contributed by atoms with E-state index in [1.54, 1.807) is 0 Å². The second-order valence-electron chi connectivity index (χ2n) is 16.7. The molecule has 0 rings (SSSR count). The average Bonchev–Trinajstić information content (AvgIpc) is 3.20. The van der Waals surface area contributed by atoms with Gasteiger partial charge in [0, 0.05) is 26.1 Å². The molecule has 3 atom stereocenters. The number of methoxy groups -OCH3 is 1. The molecule has 7 nitrogen and oxygen atoms in total. The highest BCUT2D eigenvalue weighted by Gasteiger charge is 2.17. The molecule has 7 heteroatoms. The summed E-state index contributed by atoms with van der Waals surface area (Å²) < 4.78 is 12.5. The Kier molecular flexibility index (Phi) is 39.9. The summed E-state index contributed by atoms with van der Waals surface area (Å²) in [6.45, 7) is 22.0. The van der Waals surface area contributed by atoms with Crippen molar-refractivity contribution >= 4 is 12.1 Å². The molecule has 0 amide bonds. The van der Waals surface area contributed by atoms with Crippen LogP contribution >= 0.6 is 0 Å². The van der Waals surface area contributed by atoms with Gasteiger partial charge in [0.05, 0.1) is 6.10 Å².